The molecule has 2 heterocycles. The molecule has 1 aromatic carbocycles. The lowest BCUT2D eigenvalue weighted by Crippen LogP contribution is -2.32. The van der Waals surface area contributed by atoms with Gasteiger partial charge in [-0.25, -0.2) is 0 Å². The number of para-hydroxylation sites is 1. The summed E-state index contributed by atoms with van der Waals surface area (Å²) in [5.41, 5.74) is 6.27. The summed E-state index contributed by atoms with van der Waals surface area (Å²) in [7, 11) is 2.17. The van der Waals surface area contributed by atoms with Gasteiger partial charge in [0, 0.05) is 49.5 Å². The lowest BCUT2D eigenvalue weighted by Gasteiger charge is -2.33. The van der Waals surface area contributed by atoms with E-state index in [4.69, 9.17) is 5.11 Å². The number of aromatic nitrogens is 2. The monoisotopic (exact) mass is 364 g/mol. The number of hydrogen-bond donors (Lipinski definition) is 2. The molecule has 6 heteroatoms. The third-order valence-corrected chi connectivity index (χ3v) is 5.14. The maximum absolute atomic E-state index is 9.12. The number of aliphatic hydroxyl groups excluding tert-OH is 1. The van der Waals surface area contributed by atoms with Gasteiger partial charge >= 0.3 is 0 Å². The Bertz CT molecular complexity index is 701. The molecule has 2 aromatic rings. The van der Waals surface area contributed by atoms with Crippen molar-refractivity contribution >= 4 is 18.1 Å². The zero-order valence-corrected chi connectivity index (χ0v) is 16.1. The first-order valence-electron chi connectivity index (χ1n) is 8.76. The Hall–Kier alpha value is -1.56. The normalized spacial score (nSPS) is 16.5. The molecular weight excluding hydrogens is 336 g/mol. The smallest absolute Gasteiger partial charge is 0.0644 e. The Labute approximate surface area is 156 Å². The van der Waals surface area contributed by atoms with Crippen molar-refractivity contribution in [1.29, 1.82) is 0 Å². The second-order valence-electron chi connectivity index (χ2n) is 6.69. The van der Waals surface area contributed by atoms with Gasteiger partial charge in [0.1, 0.15) is 0 Å². The Kier molecular flexibility index (Phi) is 6.87. The van der Waals surface area contributed by atoms with E-state index in [-0.39, 0.29) is 19.0 Å². The molecule has 3 rings (SSSR count). The van der Waals surface area contributed by atoms with Crippen LogP contribution in [-0.4, -0.2) is 41.6 Å². The minimum Gasteiger partial charge on any atom is -0.394 e. The predicted octanol–water partition coefficient (Wildman–Crippen LogP) is 2.63. The molecule has 1 aliphatic rings. The van der Waals surface area contributed by atoms with Crippen LogP contribution in [0.25, 0.3) is 0 Å². The van der Waals surface area contributed by atoms with E-state index in [1.807, 2.05) is 11.6 Å². The lowest BCUT2D eigenvalue weighted by atomic mass is 9.90. The highest BCUT2D eigenvalue weighted by atomic mass is 35.5. The van der Waals surface area contributed by atoms with Crippen LogP contribution in [0.3, 0.4) is 0 Å². The molecular formula is C19H29ClN4O. The molecule has 25 heavy (non-hydrogen) atoms. The molecule has 0 saturated carbocycles. The maximum Gasteiger partial charge on any atom is 0.0644 e. The quantitative estimate of drug-likeness (QED) is 0.827. The van der Waals surface area contributed by atoms with Gasteiger partial charge in [-0.15, -0.1) is 12.4 Å². The van der Waals surface area contributed by atoms with Crippen LogP contribution in [-0.2, 0) is 13.1 Å². The molecule has 1 atom stereocenters. The Morgan fingerprint density at radius 3 is 2.80 bits per heavy atom. The second-order valence-corrected chi connectivity index (χ2v) is 6.69. The van der Waals surface area contributed by atoms with E-state index in [1.165, 1.54) is 23.2 Å². The third-order valence-electron chi connectivity index (χ3n) is 5.14. The Balaban J connectivity index is 0.00000225. The number of nitrogens with zero attached hydrogens (tertiary/aromatic N) is 3. The van der Waals surface area contributed by atoms with Crippen molar-refractivity contribution < 1.29 is 5.11 Å². The molecule has 0 aliphatic carbocycles. The summed E-state index contributed by atoms with van der Waals surface area (Å²) in [6.07, 6.45) is 1.18. The van der Waals surface area contributed by atoms with Gasteiger partial charge in [-0.05, 0) is 31.9 Å². The van der Waals surface area contributed by atoms with Crippen LogP contribution in [0.2, 0.25) is 0 Å². The van der Waals surface area contributed by atoms with Crippen molar-refractivity contribution in [1.82, 2.24) is 15.1 Å². The molecule has 0 amide bonds. The number of aliphatic hydroxyl groups is 1. The minimum atomic E-state index is 0. The number of fused-ring (bicyclic) bond motifs is 1. The van der Waals surface area contributed by atoms with E-state index in [0.29, 0.717) is 12.5 Å². The predicted molar refractivity (Wildman–Crippen MR) is 105 cm³/mol. The molecule has 1 aliphatic heterocycles. The summed E-state index contributed by atoms with van der Waals surface area (Å²) in [6, 6.07) is 8.73. The molecule has 5 nitrogen and oxygen atoms in total. The number of anilines is 1. The Morgan fingerprint density at radius 1 is 1.28 bits per heavy atom. The van der Waals surface area contributed by atoms with Crippen LogP contribution in [0.1, 0.15) is 34.9 Å². The van der Waals surface area contributed by atoms with Gasteiger partial charge in [-0.1, -0.05) is 18.2 Å². The second kappa shape index (κ2) is 8.70. The van der Waals surface area contributed by atoms with Gasteiger partial charge in [0.05, 0.1) is 18.8 Å². The van der Waals surface area contributed by atoms with Crippen LogP contribution in [0.4, 0.5) is 5.69 Å². The highest BCUT2D eigenvalue weighted by molar-refractivity contribution is 5.85. The summed E-state index contributed by atoms with van der Waals surface area (Å²) < 4.78 is 1.90. The molecule has 0 saturated heterocycles. The summed E-state index contributed by atoms with van der Waals surface area (Å²) in [4.78, 5) is 2.35. The van der Waals surface area contributed by atoms with E-state index in [0.717, 1.165) is 31.0 Å². The Morgan fingerprint density at radius 2 is 2.04 bits per heavy atom. The summed E-state index contributed by atoms with van der Waals surface area (Å²) in [6.45, 7) is 7.73. The molecule has 138 valence electrons. The summed E-state index contributed by atoms with van der Waals surface area (Å²) in [5.74, 6) is 0.561. The summed E-state index contributed by atoms with van der Waals surface area (Å²) >= 11 is 0. The maximum atomic E-state index is 9.12. The first-order chi connectivity index (χ1) is 11.6. The van der Waals surface area contributed by atoms with Crippen LogP contribution >= 0.6 is 12.4 Å². The first kappa shape index (κ1) is 19.8. The largest absolute Gasteiger partial charge is 0.394 e. The van der Waals surface area contributed by atoms with Gasteiger partial charge in [0.25, 0.3) is 0 Å². The van der Waals surface area contributed by atoms with Crippen molar-refractivity contribution in [2.45, 2.75) is 39.3 Å². The van der Waals surface area contributed by atoms with E-state index in [9.17, 15) is 0 Å². The fourth-order valence-corrected chi connectivity index (χ4v) is 3.69. The fraction of sp³-hybridized carbons (Fsp3) is 0.526. The number of rotatable bonds is 6. The van der Waals surface area contributed by atoms with Crippen molar-refractivity contribution in [2.24, 2.45) is 0 Å². The average molecular weight is 365 g/mol. The van der Waals surface area contributed by atoms with Crippen LogP contribution in [0.15, 0.2) is 24.3 Å². The number of nitrogens with one attached hydrogen (secondary N) is 1. The van der Waals surface area contributed by atoms with Crippen LogP contribution < -0.4 is 10.2 Å². The molecule has 1 aromatic heterocycles. The van der Waals surface area contributed by atoms with Crippen molar-refractivity contribution in [3.05, 3.63) is 46.8 Å². The zero-order chi connectivity index (χ0) is 17.1. The lowest BCUT2D eigenvalue weighted by molar-refractivity contribution is 0.267. The van der Waals surface area contributed by atoms with Crippen molar-refractivity contribution in [2.75, 3.05) is 31.6 Å². The van der Waals surface area contributed by atoms with Gasteiger partial charge in [-0.2, -0.15) is 5.10 Å². The van der Waals surface area contributed by atoms with Gasteiger partial charge < -0.3 is 15.3 Å². The average Bonchev–Trinajstić information content (AvgIpc) is 2.85. The van der Waals surface area contributed by atoms with E-state index in [2.05, 4.69) is 53.6 Å². The fourth-order valence-electron chi connectivity index (χ4n) is 3.69. The number of benzene rings is 1. The topological polar surface area (TPSA) is 53.3 Å². The zero-order valence-electron chi connectivity index (χ0n) is 15.3. The number of hydrogen-bond acceptors (Lipinski definition) is 4. The SMILES string of the molecule is Cc1nn(CCO)c(C)c1CNCC1CCN(C)c2ccccc21.Cl. The first-order valence-corrected chi connectivity index (χ1v) is 8.76. The van der Waals surface area contributed by atoms with E-state index in [1.54, 1.807) is 0 Å². The molecule has 0 radical (unpaired) electrons. The molecule has 0 spiro atoms. The van der Waals surface area contributed by atoms with Crippen LogP contribution in [0.5, 0.6) is 0 Å². The van der Waals surface area contributed by atoms with Crippen LogP contribution in [0, 0.1) is 13.8 Å². The van der Waals surface area contributed by atoms with Gasteiger partial charge in [0.2, 0.25) is 0 Å². The summed E-state index contributed by atoms with van der Waals surface area (Å²) in [5, 5.41) is 17.3. The van der Waals surface area contributed by atoms with Gasteiger partial charge in [0.15, 0.2) is 0 Å². The molecule has 0 bridgehead atoms. The third kappa shape index (κ3) is 4.17. The van der Waals surface area contributed by atoms with Crippen molar-refractivity contribution in [3.8, 4) is 0 Å². The van der Waals surface area contributed by atoms with E-state index >= 15 is 0 Å². The molecule has 1 unspecified atom stereocenters. The highest BCUT2D eigenvalue weighted by Crippen LogP contribution is 2.33. The molecule has 0 fully saturated rings. The molecule has 2 N–H and O–H groups in total. The standard InChI is InChI=1S/C19H28N4O.ClH/c1-14-18(15(2)23(21-14)10-11-24)13-20-12-16-8-9-22(3)19-7-5-4-6-17(16)19;/h4-7,16,20,24H,8-13H2,1-3H3;1H. The van der Waals surface area contributed by atoms with Gasteiger partial charge in [-0.3, -0.25) is 4.68 Å². The number of halogens is 1. The highest BCUT2D eigenvalue weighted by Gasteiger charge is 2.22. The number of aryl methyl sites for hydroxylation is 1. The van der Waals surface area contributed by atoms with E-state index < -0.39 is 0 Å². The van der Waals surface area contributed by atoms with Crippen molar-refractivity contribution in [3.63, 3.8) is 0 Å². The minimum absolute atomic E-state index is 0.